The number of hydrogen-bond donors (Lipinski definition) is 2. The highest BCUT2D eigenvalue weighted by atomic mass is 35.5. The van der Waals surface area contributed by atoms with Crippen molar-refractivity contribution in [2.24, 2.45) is 0 Å². The fourth-order valence-electron chi connectivity index (χ4n) is 1.81. The molecule has 0 spiro atoms. The van der Waals surface area contributed by atoms with Crippen molar-refractivity contribution in [2.75, 3.05) is 12.4 Å². The van der Waals surface area contributed by atoms with Gasteiger partial charge >= 0.3 is 0 Å². The van der Waals surface area contributed by atoms with Gasteiger partial charge in [0.25, 0.3) is 5.91 Å². The van der Waals surface area contributed by atoms with Gasteiger partial charge in [-0.05, 0) is 42.0 Å². The third kappa shape index (κ3) is 4.46. The molecule has 2 aromatic rings. The summed E-state index contributed by atoms with van der Waals surface area (Å²) < 4.78 is 0. The van der Waals surface area contributed by atoms with Crippen molar-refractivity contribution < 1.29 is 9.59 Å². The van der Waals surface area contributed by atoms with Crippen LogP contribution in [0.1, 0.15) is 15.9 Å². The number of carbonyl (C=O) groups is 2. The molecule has 22 heavy (non-hydrogen) atoms. The minimum atomic E-state index is -0.252. The van der Waals surface area contributed by atoms with Crippen LogP contribution in [0.5, 0.6) is 0 Å². The second-order valence-electron chi connectivity index (χ2n) is 4.53. The van der Waals surface area contributed by atoms with E-state index >= 15 is 0 Å². The number of amides is 2. The lowest BCUT2D eigenvalue weighted by Gasteiger charge is -2.02. The molecular weight excluding hydrogens is 300 g/mol. The highest BCUT2D eigenvalue weighted by Gasteiger charge is 2.02. The van der Waals surface area contributed by atoms with E-state index in [9.17, 15) is 9.59 Å². The van der Waals surface area contributed by atoms with Crippen LogP contribution in [-0.4, -0.2) is 18.9 Å². The van der Waals surface area contributed by atoms with E-state index in [1.807, 2.05) is 0 Å². The Kier molecular flexibility index (Phi) is 5.33. The molecule has 0 atom stereocenters. The maximum absolute atomic E-state index is 11.8. The zero-order chi connectivity index (χ0) is 15.9. The minimum Gasteiger partial charge on any atom is -0.355 e. The van der Waals surface area contributed by atoms with Crippen LogP contribution in [0.15, 0.2) is 54.6 Å². The van der Waals surface area contributed by atoms with Crippen LogP contribution in [0.25, 0.3) is 6.08 Å². The average molecular weight is 315 g/mol. The summed E-state index contributed by atoms with van der Waals surface area (Å²) >= 11 is 5.85. The molecule has 0 unspecified atom stereocenters. The fraction of sp³-hybridized carbons (Fsp3) is 0.0588. The molecule has 0 saturated carbocycles. The Hall–Kier alpha value is -2.59. The normalized spacial score (nSPS) is 10.5. The fourth-order valence-corrected chi connectivity index (χ4v) is 2.00. The van der Waals surface area contributed by atoms with Gasteiger partial charge in [-0.3, -0.25) is 9.59 Å². The first-order valence-corrected chi connectivity index (χ1v) is 7.03. The molecule has 2 amide bonds. The van der Waals surface area contributed by atoms with Crippen molar-refractivity contribution in [3.63, 3.8) is 0 Å². The van der Waals surface area contributed by atoms with Crippen LogP contribution in [-0.2, 0) is 4.79 Å². The predicted molar refractivity (Wildman–Crippen MR) is 88.9 cm³/mol. The first-order chi connectivity index (χ1) is 10.6. The maximum Gasteiger partial charge on any atom is 0.251 e. The summed E-state index contributed by atoms with van der Waals surface area (Å²) in [7, 11) is 1.58. The van der Waals surface area contributed by atoms with Crippen LogP contribution in [0, 0.1) is 0 Å². The van der Waals surface area contributed by atoms with Gasteiger partial charge < -0.3 is 10.6 Å². The third-order valence-corrected chi connectivity index (χ3v) is 3.15. The van der Waals surface area contributed by atoms with Gasteiger partial charge in [-0.1, -0.05) is 29.8 Å². The molecule has 0 fully saturated rings. The van der Waals surface area contributed by atoms with Crippen LogP contribution in [0.3, 0.4) is 0 Å². The van der Waals surface area contributed by atoms with E-state index in [-0.39, 0.29) is 11.8 Å². The Morgan fingerprint density at radius 3 is 2.45 bits per heavy atom. The summed E-state index contributed by atoms with van der Waals surface area (Å²) in [5.41, 5.74) is 2.04. The summed E-state index contributed by atoms with van der Waals surface area (Å²) in [6.07, 6.45) is 3.10. The largest absolute Gasteiger partial charge is 0.355 e. The maximum atomic E-state index is 11.8. The van der Waals surface area contributed by atoms with E-state index in [1.54, 1.807) is 61.7 Å². The molecule has 0 saturated heterocycles. The Balaban J connectivity index is 1.99. The molecule has 0 bridgehead atoms. The number of carbonyl (C=O) groups excluding carboxylic acids is 2. The van der Waals surface area contributed by atoms with Gasteiger partial charge in [-0.25, -0.2) is 0 Å². The lowest BCUT2D eigenvalue weighted by molar-refractivity contribution is -0.111. The molecule has 0 heterocycles. The second kappa shape index (κ2) is 7.43. The smallest absolute Gasteiger partial charge is 0.251 e. The zero-order valence-electron chi connectivity index (χ0n) is 12.0. The highest BCUT2D eigenvalue weighted by molar-refractivity contribution is 6.30. The SMILES string of the molecule is CNC(=O)c1ccc(/C=C/C(=O)Nc2cccc(Cl)c2)cc1. The molecule has 2 aromatic carbocycles. The van der Waals surface area contributed by atoms with Crippen LogP contribution < -0.4 is 10.6 Å². The number of anilines is 1. The number of halogens is 1. The summed E-state index contributed by atoms with van der Waals surface area (Å²) in [6.45, 7) is 0. The molecule has 0 aliphatic rings. The van der Waals surface area contributed by atoms with Gasteiger partial charge in [0.1, 0.15) is 0 Å². The number of nitrogens with one attached hydrogen (secondary N) is 2. The molecule has 0 aliphatic carbocycles. The topological polar surface area (TPSA) is 58.2 Å². The van der Waals surface area contributed by atoms with Gasteiger partial charge in [-0.15, -0.1) is 0 Å². The third-order valence-electron chi connectivity index (χ3n) is 2.92. The molecule has 5 heteroatoms. The molecule has 0 aromatic heterocycles. The molecule has 2 rings (SSSR count). The molecule has 112 valence electrons. The Morgan fingerprint density at radius 1 is 1.09 bits per heavy atom. The van der Waals surface area contributed by atoms with Gasteiger partial charge in [0.2, 0.25) is 5.91 Å². The van der Waals surface area contributed by atoms with Gasteiger partial charge in [0.05, 0.1) is 0 Å². The van der Waals surface area contributed by atoms with E-state index in [0.717, 1.165) is 5.56 Å². The molecule has 4 nitrogen and oxygen atoms in total. The van der Waals surface area contributed by atoms with Crippen molar-refractivity contribution >= 4 is 35.2 Å². The van der Waals surface area contributed by atoms with E-state index in [2.05, 4.69) is 10.6 Å². The predicted octanol–water partition coefficient (Wildman–Crippen LogP) is 3.35. The van der Waals surface area contributed by atoms with Crippen LogP contribution in [0.2, 0.25) is 5.02 Å². The Labute approximate surface area is 133 Å². The van der Waals surface area contributed by atoms with E-state index < -0.39 is 0 Å². The quantitative estimate of drug-likeness (QED) is 0.850. The van der Waals surface area contributed by atoms with Gasteiger partial charge in [-0.2, -0.15) is 0 Å². The Morgan fingerprint density at radius 2 is 1.82 bits per heavy atom. The first-order valence-electron chi connectivity index (χ1n) is 6.65. The van der Waals surface area contributed by atoms with Gasteiger partial charge in [0, 0.05) is 29.4 Å². The monoisotopic (exact) mass is 314 g/mol. The van der Waals surface area contributed by atoms with E-state index in [1.165, 1.54) is 6.08 Å². The lowest BCUT2D eigenvalue weighted by Crippen LogP contribution is -2.17. The second-order valence-corrected chi connectivity index (χ2v) is 4.97. The van der Waals surface area contributed by atoms with Gasteiger partial charge in [0.15, 0.2) is 0 Å². The number of rotatable bonds is 4. The zero-order valence-corrected chi connectivity index (χ0v) is 12.7. The standard InChI is InChI=1S/C17H15ClN2O2/c1-19-17(22)13-8-5-12(6-9-13)7-10-16(21)20-15-4-2-3-14(18)11-15/h2-11H,1H3,(H,19,22)(H,20,21)/b10-7+. The molecule has 0 radical (unpaired) electrons. The molecular formula is C17H15ClN2O2. The molecule has 2 N–H and O–H groups in total. The van der Waals surface area contributed by atoms with Crippen molar-refractivity contribution in [2.45, 2.75) is 0 Å². The van der Waals surface area contributed by atoms with Crippen molar-refractivity contribution in [1.29, 1.82) is 0 Å². The minimum absolute atomic E-state index is 0.144. The number of benzene rings is 2. The lowest BCUT2D eigenvalue weighted by atomic mass is 10.1. The summed E-state index contributed by atoms with van der Waals surface area (Å²) in [5.74, 6) is -0.396. The average Bonchev–Trinajstić information content (AvgIpc) is 2.52. The van der Waals surface area contributed by atoms with Crippen molar-refractivity contribution in [3.05, 3.63) is 70.8 Å². The van der Waals surface area contributed by atoms with E-state index in [4.69, 9.17) is 11.6 Å². The highest BCUT2D eigenvalue weighted by Crippen LogP contribution is 2.15. The molecule has 0 aliphatic heterocycles. The summed E-state index contributed by atoms with van der Waals surface area (Å²) in [4.78, 5) is 23.2. The number of hydrogen-bond acceptors (Lipinski definition) is 2. The van der Waals surface area contributed by atoms with Crippen LogP contribution >= 0.6 is 11.6 Å². The van der Waals surface area contributed by atoms with E-state index in [0.29, 0.717) is 16.3 Å². The summed E-state index contributed by atoms with van der Waals surface area (Å²) in [6, 6.07) is 13.9. The van der Waals surface area contributed by atoms with Crippen LogP contribution in [0.4, 0.5) is 5.69 Å². The van der Waals surface area contributed by atoms with Crippen molar-refractivity contribution in [1.82, 2.24) is 5.32 Å². The first kappa shape index (κ1) is 15.8. The Bertz CT molecular complexity index is 709. The van der Waals surface area contributed by atoms with Crippen molar-refractivity contribution in [3.8, 4) is 0 Å². The summed E-state index contributed by atoms with van der Waals surface area (Å²) in [5, 5.41) is 5.83.